The SMILES string of the molecule is Cc1c(C)c2ccc(-c3ccccc3)nc2c2nc(-c3ccccc3)ccc12. The minimum Gasteiger partial charge on any atom is -0.245 e. The Hall–Kier alpha value is -3.52. The van der Waals surface area contributed by atoms with E-state index < -0.39 is 0 Å². The zero-order valence-electron chi connectivity index (χ0n) is 16.0. The maximum atomic E-state index is 5.05. The molecule has 0 amide bonds. The molecule has 0 aliphatic heterocycles. The van der Waals surface area contributed by atoms with Crippen molar-refractivity contribution in [3.8, 4) is 22.5 Å². The van der Waals surface area contributed by atoms with Crippen LogP contribution in [0, 0.1) is 13.8 Å². The summed E-state index contributed by atoms with van der Waals surface area (Å²) in [5, 5.41) is 2.34. The molecule has 0 saturated carbocycles. The third-order valence-corrected chi connectivity index (χ3v) is 5.52. The fraction of sp³-hybridized carbons (Fsp3) is 0.0769. The Bertz CT molecular complexity index is 1200. The molecule has 2 heteroatoms. The first-order chi connectivity index (χ1) is 13.7. The van der Waals surface area contributed by atoms with Gasteiger partial charge in [0, 0.05) is 21.9 Å². The number of benzene rings is 3. The lowest BCUT2D eigenvalue weighted by Crippen LogP contribution is -1.95. The van der Waals surface area contributed by atoms with Crippen molar-refractivity contribution in [3.63, 3.8) is 0 Å². The molecule has 0 radical (unpaired) electrons. The van der Waals surface area contributed by atoms with Gasteiger partial charge in [0.15, 0.2) is 0 Å². The topological polar surface area (TPSA) is 25.8 Å². The van der Waals surface area contributed by atoms with Crippen LogP contribution < -0.4 is 0 Å². The Kier molecular flexibility index (Phi) is 3.91. The quantitative estimate of drug-likeness (QED) is 0.326. The van der Waals surface area contributed by atoms with E-state index in [-0.39, 0.29) is 0 Å². The number of hydrogen-bond donors (Lipinski definition) is 0. The first-order valence-electron chi connectivity index (χ1n) is 9.54. The maximum Gasteiger partial charge on any atom is 0.0975 e. The highest BCUT2D eigenvalue weighted by molar-refractivity contribution is 6.07. The van der Waals surface area contributed by atoms with Crippen molar-refractivity contribution < 1.29 is 0 Å². The summed E-state index contributed by atoms with van der Waals surface area (Å²) >= 11 is 0. The predicted molar refractivity (Wildman–Crippen MR) is 117 cm³/mol. The van der Waals surface area contributed by atoms with Crippen molar-refractivity contribution in [1.29, 1.82) is 0 Å². The number of pyridine rings is 2. The van der Waals surface area contributed by atoms with E-state index in [1.165, 1.54) is 21.9 Å². The average Bonchev–Trinajstić information content (AvgIpc) is 2.78. The molecule has 134 valence electrons. The van der Waals surface area contributed by atoms with Gasteiger partial charge in [0.05, 0.1) is 22.4 Å². The van der Waals surface area contributed by atoms with Crippen LogP contribution in [0.1, 0.15) is 11.1 Å². The molecule has 2 nitrogen and oxygen atoms in total. The molecular weight excluding hydrogens is 340 g/mol. The van der Waals surface area contributed by atoms with E-state index in [0.717, 1.165) is 33.5 Å². The highest BCUT2D eigenvalue weighted by Crippen LogP contribution is 2.33. The number of rotatable bonds is 2. The summed E-state index contributed by atoms with van der Waals surface area (Å²) in [6.45, 7) is 4.35. The normalized spacial score (nSPS) is 11.2. The molecule has 2 heterocycles. The molecule has 0 bridgehead atoms. The number of aryl methyl sites for hydroxylation is 2. The van der Waals surface area contributed by atoms with Crippen molar-refractivity contribution in [2.24, 2.45) is 0 Å². The van der Waals surface area contributed by atoms with E-state index >= 15 is 0 Å². The monoisotopic (exact) mass is 360 g/mol. The lowest BCUT2D eigenvalue weighted by Gasteiger charge is -2.13. The average molecular weight is 360 g/mol. The zero-order chi connectivity index (χ0) is 19.1. The van der Waals surface area contributed by atoms with Crippen LogP contribution in [0.25, 0.3) is 44.3 Å². The minimum absolute atomic E-state index is 0.970. The predicted octanol–water partition coefficient (Wildman–Crippen LogP) is 6.73. The highest BCUT2D eigenvalue weighted by Gasteiger charge is 2.13. The van der Waals surface area contributed by atoms with Crippen LogP contribution in [-0.4, -0.2) is 9.97 Å². The molecule has 5 rings (SSSR count). The number of aromatic nitrogens is 2. The van der Waals surface area contributed by atoms with Gasteiger partial charge in [-0.3, -0.25) is 0 Å². The van der Waals surface area contributed by atoms with E-state index in [1.807, 2.05) is 36.4 Å². The fourth-order valence-corrected chi connectivity index (χ4v) is 3.83. The Balaban J connectivity index is 1.84. The van der Waals surface area contributed by atoms with Crippen LogP contribution in [-0.2, 0) is 0 Å². The van der Waals surface area contributed by atoms with E-state index in [1.54, 1.807) is 0 Å². The smallest absolute Gasteiger partial charge is 0.0975 e. The van der Waals surface area contributed by atoms with Gasteiger partial charge in [-0.05, 0) is 37.1 Å². The van der Waals surface area contributed by atoms with Crippen molar-refractivity contribution in [2.45, 2.75) is 13.8 Å². The lowest BCUT2D eigenvalue weighted by atomic mass is 9.97. The third-order valence-electron chi connectivity index (χ3n) is 5.52. The molecule has 2 aromatic heterocycles. The van der Waals surface area contributed by atoms with Gasteiger partial charge >= 0.3 is 0 Å². The summed E-state index contributed by atoms with van der Waals surface area (Å²) in [4.78, 5) is 10.1. The Morgan fingerprint density at radius 3 is 1.25 bits per heavy atom. The molecule has 0 aliphatic rings. The second kappa shape index (κ2) is 6.58. The summed E-state index contributed by atoms with van der Waals surface area (Å²) in [7, 11) is 0. The first kappa shape index (κ1) is 16.6. The van der Waals surface area contributed by atoms with Crippen molar-refractivity contribution in [2.75, 3.05) is 0 Å². The van der Waals surface area contributed by atoms with Crippen molar-refractivity contribution >= 4 is 21.8 Å². The summed E-state index contributed by atoms with van der Waals surface area (Å²) in [5.41, 5.74) is 8.67. The second-order valence-corrected chi connectivity index (χ2v) is 7.17. The molecule has 5 aromatic rings. The number of fused-ring (bicyclic) bond motifs is 3. The molecule has 0 aliphatic carbocycles. The lowest BCUT2D eigenvalue weighted by molar-refractivity contribution is 1.33. The first-order valence-corrected chi connectivity index (χ1v) is 9.54. The van der Waals surface area contributed by atoms with E-state index in [4.69, 9.17) is 9.97 Å². The Labute approximate surface area is 164 Å². The molecule has 0 N–H and O–H groups in total. The summed E-state index contributed by atoms with van der Waals surface area (Å²) in [6, 6.07) is 29.2. The molecule has 0 fully saturated rings. The van der Waals surface area contributed by atoms with Crippen LogP contribution >= 0.6 is 0 Å². The van der Waals surface area contributed by atoms with Crippen molar-refractivity contribution in [3.05, 3.63) is 96.1 Å². The van der Waals surface area contributed by atoms with Gasteiger partial charge in [-0.1, -0.05) is 72.8 Å². The molecule has 28 heavy (non-hydrogen) atoms. The van der Waals surface area contributed by atoms with Gasteiger partial charge in [-0.2, -0.15) is 0 Å². The number of hydrogen-bond acceptors (Lipinski definition) is 2. The zero-order valence-corrected chi connectivity index (χ0v) is 16.0. The minimum atomic E-state index is 0.970. The molecule has 0 spiro atoms. The van der Waals surface area contributed by atoms with E-state index in [2.05, 4.69) is 62.4 Å². The van der Waals surface area contributed by atoms with Gasteiger partial charge in [0.25, 0.3) is 0 Å². The fourth-order valence-electron chi connectivity index (χ4n) is 3.83. The molecule has 3 aromatic carbocycles. The number of nitrogens with zero attached hydrogens (tertiary/aromatic N) is 2. The van der Waals surface area contributed by atoms with Gasteiger partial charge in [-0.15, -0.1) is 0 Å². The van der Waals surface area contributed by atoms with Gasteiger partial charge in [0.2, 0.25) is 0 Å². The van der Waals surface area contributed by atoms with Crippen LogP contribution in [0.4, 0.5) is 0 Å². The van der Waals surface area contributed by atoms with Crippen LogP contribution in [0.5, 0.6) is 0 Å². The summed E-state index contributed by atoms with van der Waals surface area (Å²) in [6.07, 6.45) is 0. The van der Waals surface area contributed by atoms with Gasteiger partial charge in [0.1, 0.15) is 0 Å². The standard InChI is InChI=1S/C26H20N2/c1-17-18(2)22-14-16-24(20-11-7-4-8-12-20)28-26(22)25-21(17)13-15-23(27-25)19-9-5-3-6-10-19/h3-16H,1-2H3. The Morgan fingerprint density at radius 2 is 0.857 bits per heavy atom. The van der Waals surface area contributed by atoms with Crippen LogP contribution in [0.2, 0.25) is 0 Å². The molecular formula is C26H20N2. The Morgan fingerprint density at radius 1 is 0.464 bits per heavy atom. The maximum absolute atomic E-state index is 5.05. The van der Waals surface area contributed by atoms with Gasteiger partial charge < -0.3 is 0 Å². The van der Waals surface area contributed by atoms with Crippen LogP contribution in [0.15, 0.2) is 84.9 Å². The second-order valence-electron chi connectivity index (χ2n) is 7.17. The summed E-state index contributed by atoms with van der Waals surface area (Å²) < 4.78 is 0. The highest BCUT2D eigenvalue weighted by atomic mass is 14.8. The summed E-state index contributed by atoms with van der Waals surface area (Å²) in [5.74, 6) is 0. The van der Waals surface area contributed by atoms with Crippen LogP contribution in [0.3, 0.4) is 0 Å². The molecule has 0 saturated heterocycles. The third kappa shape index (κ3) is 2.66. The van der Waals surface area contributed by atoms with E-state index in [0.29, 0.717) is 0 Å². The van der Waals surface area contributed by atoms with Crippen molar-refractivity contribution in [1.82, 2.24) is 9.97 Å². The van der Waals surface area contributed by atoms with E-state index in [9.17, 15) is 0 Å². The largest absolute Gasteiger partial charge is 0.245 e. The molecule has 0 atom stereocenters. The molecule has 0 unspecified atom stereocenters. The van der Waals surface area contributed by atoms with Gasteiger partial charge in [-0.25, -0.2) is 9.97 Å².